The Morgan fingerprint density at radius 2 is 1.65 bits per heavy atom. The van der Waals surface area contributed by atoms with Crippen LogP contribution in [0, 0.1) is 10.1 Å². The van der Waals surface area contributed by atoms with Crippen LogP contribution < -0.4 is 0 Å². The van der Waals surface area contributed by atoms with E-state index in [-0.39, 0.29) is 16.1 Å². The summed E-state index contributed by atoms with van der Waals surface area (Å²) >= 11 is 1.13. The molecule has 0 atom stereocenters. The predicted octanol–water partition coefficient (Wildman–Crippen LogP) is 3.78. The molecule has 0 heterocycles. The van der Waals surface area contributed by atoms with E-state index in [1.807, 2.05) is 42.5 Å². The molecular formula is C17H13NO6PS+. The van der Waals surface area contributed by atoms with Gasteiger partial charge in [-0.25, -0.2) is 4.79 Å². The van der Waals surface area contributed by atoms with Gasteiger partial charge in [-0.3, -0.25) is 10.1 Å². The van der Waals surface area contributed by atoms with E-state index < -0.39 is 18.4 Å². The first-order valence-electron chi connectivity index (χ1n) is 7.33. The second-order valence-electron chi connectivity index (χ2n) is 5.42. The molecule has 0 aliphatic rings. The Kier molecular flexibility index (Phi) is 5.04. The van der Waals surface area contributed by atoms with Gasteiger partial charge in [-0.2, -0.15) is 14.7 Å². The molecule has 0 aliphatic heterocycles. The van der Waals surface area contributed by atoms with Crippen molar-refractivity contribution in [1.29, 1.82) is 0 Å². The second-order valence-corrected chi connectivity index (χ2v) is 8.08. The molecule has 7 nitrogen and oxygen atoms in total. The van der Waals surface area contributed by atoms with E-state index in [4.69, 9.17) is 0 Å². The standard InChI is InChI=1S/C17H13NO6PS/c19-17(25(22,23)24)15-10-13(18(20)21)6-8-16(15)26-14-7-5-11-3-1-2-4-12(11)9-14/h1-10,22-24H/q+1. The van der Waals surface area contributed by atoms with Crippen LogP contribution in [0.4, 0.5) is 5.69 Å². The number of nitro groups is 1. The Hall–Kier alpha value is -2.35. The number of non-ortho nitro benzene ring substituents is 1. The van der Waals surface area contributed by atoms with Crippen LogP contribution in [-0.2, 0) is 0 Å². The predicted molar refractivity (Wildman–Crippen MR) is 99.1 cm³/mol. The molecule has 3 N–H and O–H groups in total. The summed E-state index contributed by atoms with van der Waals surface area (Å²) in [7, 11) is -4.82. The van der Waals surface area contributed by atoms with Crippen molar-refractivity contribution >= 4 is 41.7 Å². The largest absolute Gasteiger partial charge is 0.483 e. The number of nitro benzene ring substituents is 1. The highest BCUT2D eigenvalue weighted by atomic mass is 32.2. The van der Waals surface area contributed by atoms with Crippen molar-refractivity contribution in [1.82, 2.24) is 0 Å². The highest BCUT2D eigenvalue weighted by molar-refractivity contribution is 7.99. The van der Waals surface area contributed by atoms with Gasteiger partial charge in [0.05, 0.1) is 10.5 Å². The van der Waals surface area contributed by atoms with E-state index in [0.717, 1.165) is 33.5 Å². The fourth-order valence-corrected chi connectivity index (χ4v) is 3.96. The van der Waals surface area contributed by atoms with Gasteiger partial charge in [0, 0.05) is 21.9 Å². The molecule has 0 unspecified atom stereocenters. The molecule has 3 aromatic rings. The maximum atomic E-state index is 12.1. The van der Waals surface area contributed by atoms with Gasteiger partial charge < -0.3 is 0 Å². The van der Waals surface area contributed by atoms with Gasteiger partial charge in [-0.1, -0.05) is 42.1 Å². The minimum Gasteiger partial charge on any atom is -0.258 e. The topological polar surface area (TPSA) is 121 Å². The van der Waals surface area contributed by atoms with Gasteiger partial charge in [0.15, 0.2) is 0 Å². The third-order valence-corrected chi connectivity index (χ3v) is 5.48. The minimum atomic E-state index is -4.82. The lowest BCUT2D eigenvalue weighted by molar-refractivity contribution is -0.384. The van der Waals surface area contributed by atoms with E-state index in [9.17, 15) is 29.6 Å². The number of fused-ring (bicyclic) bond motifs is 1. The maximum Gasteiger partial charge on any atom is 0.483 e. The van der Waals surface area contributed by atoms with Crippen LogP contribution in [0.15, 0.2) is 70.5 Å². The quantitative estimate of drug-likeness (QED) is 0.344. The average Bonchev–Trinajstić information content (AvgIpc) is 2.60. The van der Waals surface area contributed by atoms with Gasteiger partial charge in [0.25, 0.3) is 5.69 Å². The molecule has 0 saturated heterocycles. The Bertz CT molecular complexity index is 1020. The summed E-state index contributed by atoms with van der Waals surface area (Å²) in [6.07, 6.45) is 0. The summed E-state index contributed by atoms with van der Waals surface area (Å²) in [5.41, 5.74) is -2.02. The van der Waals surface area contributed by atoms with Crippen molar-refractivity contribution < 1.29 is 24.4 Å². The third kappa shape index (κ3) is 3.90. The van der Waals surface area contributed by atoms with Crippen LogP contribution in [0.3, 0.4) is 0 Å². The van der Waals surface area contributed by atoms with E-state index in [1.165, 1.54) is 12.1 Å². The molecule has 3 rings (SSSR count). The molecule has 0 amide bonds. The van der Waals surface area contributed by atoms with Crippen LogP contribution in [0.2, 0.25) is 0 Å². The lowest BCUT2D eigenvalue weighted by atomic mass is 10.1. The number of carbonyl (C=O) groups is 1. The number of carbonyl (C=O) groups excluding carboxylic acids is 1. The normalized spacial score (nSPS) is 11.5. The SMILES string of the molecule is O=C(c1cc([N+](=O)[O-])ccc1Sc1ccc2ccccc2c1)[P+](O)(O)O. The number of rotatable bonds is 5. The molecule has 3 aromatic carbocycles. The summed E-state index contributed by atoms with van der Waals surface area (Å²) in [6, 6.07) is 16.8. The highest BCUT2D eigenvalue weighted by Crippen LogP contribution is 2.50. The average molecular weight is 390 g/mol. The molecule has 0 radical (unpaired) electrons. The van der Waals surface area contributed by atoms with Gasteiger partial charge in [-0.15, -0.1) is 0 Å². The summed E-state index contributed by atoms with van der Waals surface area (Å²) in [6.45, 7) is 0. The highest BCUT2D eigenvalue weighted by Gasteiger charge is 2.45. The van der Waals surface area contributed by atoms with Gasteiger partial charge in [0.1, 0.15) is 0 Å². The third-order valence-electron chi connectivity index (χ3n) is 3.63. The molecule has 9 heteroatoms. The number of nitrogens with zero attached hydrogens (tertiary/aromatic N) is 1. The van der Waals surface area contributed by atoms with Crippen molar-refractivity contribution in [2.75, 3.05) is 0 Å². The van der Waals surface area contributed by atoms with Crippen LogP contribution >= 0.6 is 19.7 Å². The van der Waals surface area contributed by atoms with Gasteiger partial charge in [0.2, 0.25) is 0 Å². The van der Waals surface area contributed by atoms with Gasteiger partial charge in [-0.05, 0) is 29.0 Å². The maximum absolute atomic E-state index is 12.1. The van der Waals surface area contributed by atoms with E-state index in [2.05, 4.69) is 0 Å². The zero-order valence-electron chi connectivity index (χ0n) is 13.1. The lowest BCUT2D eigenvalue weighted by Gasteiger charge is -2.09. The van der Waals surface area contributed by atoms with Gasteiger partial charge >= 0.3 is 13.5 Å². The lowest BCUT2D eigenvalue weighted by Crippen LogP contribution is -2.07. The fourth-order valence-electron chi connectivity index (χ4n) is 2.41. The summed E-state index contributed by atoms with van der Waals surface area (Å²) < 4.78 is 0. The summed E-state index contributed by atoms with van der Waals surface area (Å²) in [4.78, 5) is 51.3. The first kappa shape index (κ1) is 18.4. The van der Waals surface area contributed by atoms with Crippen molar-refractivity contribution in [2.24, 2.45) is 0 Å². The van der Waals surface area contributed by atoms with E-state index in [1.54, 1.807) is 0 Å². The Balaban J connectivity index is 2.05. The fraction of sp³-hybridized carbons (Fsp3) is 0. The summed E-state index contributed by atoms with van der Waals surface area (Å²) in [5, 5.41) is 13.0. The number of hydrogen-bond acceptors (Lipinski definition) is 7. The first-order valence-corrected chi connectivity index (χ1v) is 9.79. The molecule has 0 saturated carbocycles. The van der Waals surface area contributed by atoms with Crippen molar-refractivity contribution in [3.63, 3.8) is 0 Å². The smallest absolute Gasteiger partial charge is 0.258 e. The van der Waals surface area contributed by atoms with Crippen molar-refractivity contribution in [3.05, 3.63) is 76.3 Å². The zero-order chi connectivity index (χ0) is 18.9. The van der Waals surface area contributed by atoms with Crippen LogP contribution in [-0.4, -0.2) is 25.1 Å². The first-order chi connectivity index (χ1) is 12.3. The zero-order valence-corrected chi connectivity index (χ0v) is 14.9. The Labute approximate surface area is 152 Å². The van der Waals surface area contributed by atoms with Crippen LogP contribution in [0.1, 0.15) is 10.4 Å². The monoisotopic (exact) mass is 390 g/mol. The van der Waals surface area contributed by atoms with Crippen molar-refractivity contribution in [2.45, 2.75) is 9.79 Å². The molecule has 26 heavy (non-hydrogen) atoms. The number of hydrogen-bond donors (Lipinski definition) is 3. The van der Waals surface area contributed by atoms with Crippen LogP contribution in [0.25, 0.3) is 10.8 Å². The molecule has 0 fully saturated rings. The Morgan fingerprint density at radius 1 is 0.962 bits per heavy atom. The Morgan fingerprint density at radius 3 is 2.31 bits per heavy atom. The molecule has 0 bridgehead atoms. The molecule has 0 aromatic heterocycles. The minimum absolute atomic E-state index is 0.275. The van der Waals surface area contributed by atoms with Crippen molar-refractivity contribution in [3.8, 4) is 0 Å². The summed E-state index contributed by atoms with van der Waals surface area (Å²) in [5.74, 6) is 0. The van der Waals surface area contributed by atoms with E-state index in [0.29, 0.717) is 0 Å². The van der Waals surface area contributed by atoms with E-state index >= 15 is 0 Å². The second kappa shape index (κ2) is 7.11. The number of benzene rings is 3. The molecular weight excluding hydrogens is 377 g/mol. The molecule has 0 aliphatic carbocycles. The van der Waals surface area contributed by atoms with Crippen LogP contribution in [0.5, 0.6) is 0 Å². The molecule has 132 valence electrons. The molecule has 0 spiro atoms.